The highest BCUT2D eigenvalue weighted by Crippen LogP contribution is 2.44. The number of anilines is 1. The summed E-state index contributed by atoms with van der Waals surface area (Å²) in [5.41, 5.74) is 8.48. The van der Waals surface area contributed by atoms with Crippen LogP contribution in [0.4, 0.5) is 5.82 Å². The van der Waals surface area contributed by atoms with Crippen molar-refractivity contribution in [2.45, 2.75) is 62.1 Å². The van der Waals surface area contributed by atoms with Gasteiger partial charge in [-0.15, -0.1) is 12.4 Å². The molecule has 7 nitrogen and oxygen atoms in total. The molecule has 1 aliphatic carbocycles. The van der Waals surface area contributed by atoms with E-state index < -0.39 is 11.2 Å². The molecule has 1 aromatic heterocycles. The molecule has 2 aliphatic heterocycles. The Balaban J connectivity index is 0.00000353. The number of hydrogen-bond acceptors (Lipinski definition) is 7. The second kappa shape index (κ2) is 12.6. The van der Waals surface area contributed by atoms with Gasteiger partial charge in [0.15, 0.2) is 0 Å². The molecule has 2 N–H and O–H groups in total. The minimum atomic E-state index is -0.675. The van der Waals surface area contributed by atoms with Crippen LogP contribution in [0.1, 0.15) is 73.0 Å². The Labute approximate surface area is 242 Å². The summed E-state index contributed by atoms with van der Waals surface area (Å²) in [5, 5.41) is 20.1. The number of carbonyl (C=O) groups excluding carboxylic acids is 1. The number of likely N-dealkylation sites (tertiary alicyclic amines) is 1. The van der Waals surface area contributed by atoms with Crippen LogP contribution in [0, 0.1) is 34.0 Å². The number of hydrogen-bond donors (Lipinski definition) is 1. The standard InChI is InChI=1S/C30H36N6OS.ClH/c1-2-23-24(17-31)28(34-29(25(23)18-32)38-26(27(33)37)22-7-4-3-5-8-22)36-15-12-30(13-16-36)11-6-14-35(20-30)19-21-9-10-21;/h3-5,7-8,21,26H,2,6,9-16,19-20H2,1H3,(H2,33,37);1H. The molecule has 0 radical (unpaired) electrons. The number of nitriles is 2. The first-order chi connectivity index (χ1) is 18.5. The second-order valence-electron chi connectivity index (χ2n) is 11.1. The molecular weight excluding hydrogens is 528 g/mol. The number of piperidine rings is 2. The third-order valence-electron chi connectivity index (χ3n) is 8.49. The Hall–Kier alpha value is -2.78. The molecule has 3 heterocycles. The summed E-state index contributed by atoms with van der Waals surface area (Å²) in [7, 11) is 0. The van der Waals surface area contributed by atoms with Crippen molar-refractivity contribution in [2.24, 2.45) is 17.1 Å². The highest BCUT2D eigenvalue weighted by molar-refractivity contribution is 8.00. The maximum Gasteiger partial charge on any atom is 0.235 e. The SMILES string of the molecule is CCc1c(C#N)c(SC(C(N)=O)c2ccccc2)nc(N2CCC3(CCCN(CC4CC4)C3)CC2)c1C#N.Cl. The number of aromatic nitrogens is 1. The molecule has 1 unspecified atom stereocenters. The molecule has 2 aromatic rings. The van der Waals surface area contributed by atoms with E-state index in [9.17, 15) is 15.3 Å². The molecule has 0 bridgehead atoms. The monoisotopic (exact) mass is 564 g/mol. The van der Waals surface area contributed by atoms with Crippen molar-refractivity contribution < 1.29 is 4.79 Å². The number of rotatable bonds is 8. The van der Waals surface area contributed by atoms with E-state index >= 15 is 0 Å². The molecule has 1 amide bonds. The van der Waals surface area contributed by atoms with Gasteiger partial charge in [0.2, 0.25) is 5.91 Å². The van der Waals surface area contributed by atoms with Crippen LogP contribution in [0.25, 0.3) is 0 Å². The van der Waals surface area contributed by atoms with Gasteiger partial charge in [0.05, 0.1) is 11.1 Å². The molecule has 3 fully saturated rings. The van der Waals surface area contributed by atoms with Crippen molar-refractivity contribution in [3.63, 3.8) is 0 Å². The number of nitrogens with zero attached hydrogens (tertiary/aromatic N) is 5. The smallest absolute Gasteiger partial charge is 0.235 e. The summed E-state index contributed by atoms with van der Waals surface area (Å²) < 4.78 is 0. The van der Waals surface area contributed by atoms with E-state index in [0.717, 1.165) is 37.4 Å². The van der Waals surface area contributed by atoms with Gasteiger partial charge >= 0.3 is 0 Å². The summed E-state index contributed by atoms with van der Waals surface area (Å²) in [6.07, 6.45) is 8.01. The van der Waals surface area contributed by atoms with E-state index in [-0.39, 0.29) is 12.4 Å². The van der Waals surface area contributed by atoms with Crippen LogP contribution < -0.4 is 10.6 Å². The van der Waals surface area contributed by atoms with Gasteiger partial charge in [-0.1, -0.05) is 49.0 Å². The van der Waals surface area contributed by atoms with Gasteiger partial charge in [0.25, 0.3) is 0 Å². The van der Waals surface area contributed by atoms with Crippen molar-refractivity contribution in [3.05, 3.63) is 52.6 Å². The number of benzene rings is 1. The lowest BCUT2D eigenvalue weighted by Gasteiger charge is -2.48. The lowest BCUT2D eigenvalue weighted by atomic mass is 9.72. The van der Waals surface area contributed by atoms with Gasteiger partial charge in [-0.2, -0.15) is 10.5 Å². The predicted molar refractivity (Wildman–Crippen MR) is 157 cm³/mol. The first-order valence-electron chi connectivity index (χ1n) is 13.8. The Kier molecular flexibility index (Phi) is 9.43. The number of pyridine rings is 1. The topological polar surface area (TPSA) is 110 Å². The molecule has 1 saturated carbocycles. The average molecular weight is 565 g/mol. The summed E-state index contributed by atoms with van der Waals surface area (Å²) in [6, 6.07) is 14.0. The van der Waals surface area contributed by atoms with Crippen LogP contribution in [0.15, 0.2) is 35.4 Å². The van der Waals surface area contributed by atoms with Crippen LogP contribution in [0.3, 0.4) is 0 Å². The maximum absolute atomic E-state index is 12.5. The first kappa shape index (κ1) is 29.2. The first-order valence-corrected chi connectivity index (χ1v) is 14.7. The molecule has 2 saturated heterocycles. The molecule has 5 rings (SSSR count). The van der Waals surface area contributed by atoms with Gasteiger partial charge in [0.1, 0.15) is 28.2 Å². The van der Waals surface area contributed by atoms with Gasteiger partial charge in [-0.05, 0) is 74.0 Å². The zero-order valence-electron chi connectivity index (χ0n) is 22.6. The summed E-state index contributed by atoms with van der Waals surface area (Å²) in [5.74, 6) is 1.07. The largest absolute Gasteiger partial charge is 0.368 e. The van der Waals surface area contributed by atoms with Crippen molar-refractivity contribution in [3.8, 4) is 12.1 Å². The molecule has 3 aliphatic rings. The van der Waals surface area contributed by atoms with Crippen molar-refractivity contribution in [1.29, 1.82) is 10.5 Å². The fraction of sp³-hybridized carbons (Fsp3) is 0.533. The number of thioether (sulfide) groups is 1. The van der Waals surface area contributed by atoms with Gasteiger partial charge in [-0.3, -0.25) is 4.79 Å². The molecule has 1 aromatic carbocycles. The molecule has 9 heteroatoms. The number of halogens is 1. The number of nitrogens with two attached hydrogens (primary N) is 1. The van der Waals surface area contributed by atoms with Crippen molar-refractivity contribution in [2.75, 3.05) is 37.6 Å². The van der Waals surface area contributed by atoms with Gasteiger partial charge < -0.3 is 15.5 Å². The Morgan fingerprint density at radius 1 is 1.13 bits per heavy atom. The quantitative estimate of drug-likeness (QED) is 0.438. The van der Waals surface area contributed by atoms with Crippen LogP contribution in [-0.2, 0) is 11.2 Å². The Bertz CT molecular complexity index is 1260. The molecular formula is C30H37ClN6OS. The number of amides is 1. The Morgan fingerprint density at radius 3 is 2.41 bits per heavy atom. The third-order valence-corrected chi connectivity index (χ3v) is 9.75. The van der Waals surface area contributed by atoms with E-state index in [1.807, 2.05) is 37.3 Å². The van der Waals surface area contributed by atoms with Gasteiger partial charge in [-0.25, -0.2) is 4.98 Å². The van der Waals surface area contributed by atoms with Crippen LogP contribution in [0.2, 0.25) is 0 Å². The van der Waals surface area contributed by atoms with Crippen molar-refractivity contribution >= 4 is 35.9 Å². The highest BCUT2D eigenvalue weighted by atomic mass is 35.5. The number of carbonyl (C=O) groups is 1. The van der Waals surface area contributed by atoms with E-state index in [2.05, 4.69) is 21.9 Å². The normalized spacial score (nSPS) is 19.5. The Morgan fingerprint density at radius 2 is 1.82 bits per heavy atom. The van der Waals surface area contributed by atoms with Gasteiger partial charge in [0, 0.05) is 26.2 Å². The van der Waals surface area contributed by atoms with E-state index in [1.165, 1.54) is 57.1 Å². The minimum absolute atomic E-state index is 0. The summed E-state index contributed by atoms with van der Waals surface area (Å²) in [4.78, 5) is 22.3. The van der Waals surface area contributed by atoms with Crippen LogP contribution in [-0.4, -0.2) is 48.5 Å². The fourth-order valence-corrected chi connectivity index (χ4v) is 7.32. The van der Waals surface area contributed by atoms with Crippen molar-refractivity contribution in [1.82, 2.24) is 9.88 Å². The molecule has 1 atom stereocenters. The third kappa shape index (κ3) is 6.35. The van der Waals surface area contributed by atoms with E-state index in [1.54, 1.807) is 0 Å². The second-order valence-corrected chi connectivity index (χ2v) is 12.2. The highest BCUT2D eigenvalue weighted by Gasteiger charge is 2.40. The van der Waals surface area contributed by atoms with E-state index in [0.29, 0.717) is 39.4 Å². The predicted octanol–water partition coefficient (Wildman–Crippen LogP) is 5.22. The minimum Gasteiger partial charge on any atom is -0.368 e. The average Bonchev–Trinajstić information content (AvgIpc) is 3.75. The lowest BCUT2D eigenvalue weighted by Crippen LogP contribution is -2.50. The molecule has 39 heavy (non-hydrogen) atoms. The lowest BCUT2D eigenvalue weighted by molar-refractivity contribution is -0.117. The number of primary amides is 1. The zero-order valence-corrected chi connectivity index (χ0v) is 24.2. The molecule has 1 spiro atoms. The zero-order chi connectivity index (χ0) is 26.7. The summed E-state index contributed by atoms with van der Waals surface area (Å²) in [6.45, 7) is 7.30. The van der Waals surface area contributed by atoms with E-state index in [4.69, 9.17) is 10.7 Å². The van der Waals surface area contributed by atoms with Crippen LogP contribution in [0.5, 0.6) is 0 Å². The maximum atomic E-state index is 12.5. The fourth-order valence-electron chi connectivity index (χ4n) is 6.26. The summed E-state index contributed by atoms with van der Waals surface area (Å²) >= 11 is 1.21. The molecule has 206 valence electrons. The van der Waals surface area contributed by atoms with Crippen LogP contribution >= 0.6 is 24.2 Å².